The number of halogens is 2. The number of aromatic nitrogens is 2. The average molecular weight is 708 g/mol. The molecule has 0 bridgehead atoms. The van der Waals surface area contributed by atoms with Gasteiger partial charge in [0.1, 0.15) is 17.7 Å². The molecule has 1 aliphatic carbocycles. The third-order valence-corrected chi connectivity index (χ3v) is 10.2. The van der Waals surface area contributed by atoms with E-state index < -0.39 is 34.5 Å². The number of likely N-dealkylation sites (tertiary alicyclic amines) is 2. The van der Waals surface area contributed by atoms with Crippen LogP contribution in [0.3, 0.4) is 0 Å². The molecule has 1 saturated carbocycles. The molecule has 3 aromatic rings. The molecule has 3 aliphatic rings. The lowest BCUT2D eigenvalue weighted by Gasteiger charge is -2.42. The maximum Gasteiger partial charge on any atom is 0.410 e. The van der Waals surface area contributed by atoms with E-state index in [0.717, 1.165) is 24.0 Å². The van der Waals surface area contributed by atoms with Gasteiger partial charge >= 0.3 is 6.09 Å². The van der Waals surface area contributed by atoms with E-state index in [-0.39, 0.29) is 81.3 Å². The number of nitrogen functional groups attached to an aromatic ring is 1. The van der Waals surface area contributed by atoms with Crippen molar-refractivity contribution in [1.82, 2.24) is 19.4 Å². The summed E-state index contributed by atoms with van der Waals surface area (Å²) in [4.78, 5) is 47.3. The first-order valence-corrected chi connectivity index (χ1v) is 17.7. The Labute approximate surface area is 296 Å². The number of nitrogens with two attached hydrogens (primary N) is 1. The van der Waals surface area contributed by atoms with E-state index in [0.29, 0.717) is 12.3 Å². The minimum absolute atomic E-state index is 0.0707. The highest BCUT2D eigenvalue weighted by Gasteiger charge is 2.46. The van der Waals surface area contributed by atoms with Crippen molar-refractivity contribution in [3.8, 4) is 11.6 Å². The van der Waals surface area contributed by atoms with Gasteiger partial charge in [-0.25, -0.2) is 18.6 Å². The van der Waals surface area contributed by atoms with Crippen molar-refractivity contribution in [2.75, 3.05) is 25.4 Å². The van der Waals surface area contributed by atoms with Crippen molar-refractivity contribution < 1.29 is 33.0 Å². The Bertz CT molecular complexity index is 1770. The summed E-state index contributed by atoms with van der Waals surface area (Å²) < 4.78 is 41.6. The number of aliphatic hydroxyl groups is 1. The molecule has 3 heterocycles. The van der Waals surface area contributed by atoms with Gasteiger partial charge in [-0.05, 0) is 76.1 Å². The molecule has 2 aliphatic heterocycles. The van der Waals surface area contributed by atoms with Crippen molar-refractivity contribution in [1.29, 1.82) is 0 Å². The molecule has 274 valence electrons. The Morgan fingerprint density at radius 2 is 1.67 bits per heavy atom. The van der Waals surface area contributed by atoms with Gasteiger partial charge in [-0.1, -0.05) is 42.5 Å². The summed E-state index contributed by atoms with van der Waals surface area (Å²) in [5.41, 5.74) is 5.14. The van der Waals surface area contributed by atoms with E-state index in [1.165, 1.54) is 10.9 Å². The molecule has 3 fully saturated rings. The van der Waals surface area contributed by atoms with Crippen LogP contribution in [0.15, 0.2) is 65.7 Å². The maximum atomic E-state index is 14.4. The van der Waals surface area contributed by atoms with Gasteiger partial charge < -0.3 is 30.1 Å². The zero-order chi connectivity index (χ0) is 36.6. The highest BCUT2D eigenvalue weighted by atomic mass is 19.3. The number of nitrogens with zero attached hydrogens (tertiary/aromatic N) is 4. The van der Waals surface area contributed by atoms with E-state index in [2.05, 4.69) is 4.98 Å². The second-order valence-electron chi connectivity index (χ2n) is 15.2. The molecule has 0 radical (unpaired) electrons. The lowest BCUT2D eigenvalue weighted by atomic mass is 9.73. The first kappa shape index (κ1) is 36.3. The second kappa shape index (κ2) is 14.2. The monoisotopic (exact) mass is 707 g/mol. The number of anilines is 1. The normalized spacial score (nSPS) is 23.1. The Balaban J connectivity index is 1.06. The lowest BCUT2D eigenvalue weighted by molar-refractivity contribution is -0.145. The predicted molar refractivity (Wildman–Crippen MR) is 187 cm³/mol. The minimum atomic E-state index is -2.82. The molecule has 13 heteroatoms. The van der Waals surface area contributed by atoms with Crippen LogP contribution in [0.4, 0.5) is 19.3 Å². The summed E-state index contributed by atoms with van der Waals surface area (Å²) in [5, 5.41) is 11.4. The van der Waals surface area contributed by atoms with Gasteiger partial charge in [0.25, 0.3) is 5.56 Å². The number of ether oxygens (including phenoxy) is 2. The van der Waals surface area contributed by atoms with E-state index in [4.69, 9.17) is 15.2 Å². The van der Waals surface area contributed by atoms with Gasteiger partial charge in [0.05, 0.1) is 18.2 Å². The largest absolute Gasteiger partial charge is 0.444 e. The number of carbonyl (C=O) groups excluding carboxylic acids is 2. The number of rotatable bonds is 7. The highest BCUT2D eigenvalue weighted by Crippen LogP contribution is 2.46. The van der Waals surface area contributed by atoms with Gasteiger partial charge in [-0.3, -0.25) is 14.2 Å². The quantitative estimate of drug-likeness (QED) is 0.293. The molecule has 1 aromatic heterocycles. The number of benzene rings is 2. The topological polar surface area (TPSA) is 140 Å². The molecule has 6 rings (SSSR count). The molecule has 2 amide bonds. The van der Waals surface area contributed by atoms with Crippen LogP contribution in [0.25, 0.3) is 0 Å². The van der Waals surface area contributed by atoms with Crippen LogP contribution < -0.4 is 16.0 Å². The van der Waals surface area contributed by atoms with E-state index >= 15 is 0 Å². The summed E-state index contributed by atoms with van der Waals surface area (Å²) in [7, 11) is 0. The van der Waals surface area contributed by atoms with Crippen molar-refractivity contribution in [3.63, 3.8) is 0 Å². The molecule has 3 N–H and O–H groups in total. The number of hydrogen-bond acceptors (Lipinski definition) is 8. The molecular weight excluding hydrogens is 660 g/mol. The van der Waals surface area contributed by atoms with Crippen molar-refractivity contribution in [3.05, 3.63) is 82.4 Å². The molecular formula is C38H47F2N5O6. The summed E-state index contributed by atoms with van der Waals surface area (Å²) in [6, 6.07) is 16.1. The van der Waals surface area contributed by atoms with Gasteiger partial charge in [0, 0.05) is 44.3 Å². The smallest absolute Gasteiger partial charge is 0.410 e. The summed E-state index contributed by atoms with van der Waals surface area (Å²) in [6.07, 6.45) is 2.39. The van der Waals surface area contributed by atoms with Gasteiger partial charge in [-0.2, -0.15) is 0 Å². The SMILES string of the molecule is CC(C)(C)OC(=O)N1CCCC1c1ccc(Oc2ncn(CC3(O)CCN(C(=O)[C@@H]4CCC(F)(F)C[C@H]4c4ccccc4)CC3)c(=O)c2N)cc1. The summed E-state index contributed by atoms with van der Waals surface area (Å²) in [5.74, 6) is -3.82. The predicted octanol–water partition coefficient (Wildman–Crippen LogP) is 6.26. The van der Waals surface area contributed by atoms with E-state index in [9.17, 15) is 28.3 Å². The molecule has 3 atom stereocenters. The number of alkyl halides is 2. The van der Waals surface area contributed by atoms with Crippen LogP contribution in [0.1, 0.15) is 88.8 Å². The molecule has 2 aromatic carbocycles. The first-order chi connectivity index (χ1) is 24.1. The van der Waals surface area contributed by atoms with Crippen LogP contribution in [0.2, 0.25) is 0 Å². The fourth-order valence-electron chi connectivity index (χ4n) is 7.54. The Morgan fingerprint density at radius 3 is 2.33 bits per heavy atom. The van der Waals surface area contributed by atoms with Crippen LogP contribution in [-0.2, 0) is 16.1 Å². The second-order valence-corrected chi connectivity index (χ2v) is 15.2. The van der Waals surface area contributed by atoms with Crippen molar-refractivity contribution >= 4 is 17.7 Å². The van der Waals surface area contributed by atoms with Gasteiger partial charge in [0.2, 0.25) is 17.7 Å². The van der Waals surface area contributed by atoms with Crippen molar-refractivity contribution in [2.24, 2.45) is 5.92 Å². The van der Waals surface area contributed by atoms with Crippen LogP contribution in [0, 0.1) is 5.92 Å². The third kappa shape index (κ3) is 8.35. The summed E-state index contributed by atoms with van der Waals surface area (Å²) in [6.45, 7) is 6.50. The minimum Gasteiger partial charge on any atom is -0.444 e. The lowest BCUT2D eigenvalue weighted by Crippen LogP contribution is -2.52. The number of piperidine rings is 1. The number of amides is 2. The fraction of sp³-hybridized carbons (Fsp3) is 0.526. The average Bonchev–Trinajstić information content (AvgIpc) is 3.58. The van der Waals surface area contributed by atoms with Crippen LogP contribution in [-0.4, -0.2) is 73.2 Å². The fourth-order valence-corrected chi connectivity index (χ4v) is 7.54. The van der Waals surface area contributed by atoms with E-state index in [1.54, 1.807) is 46.2 Å². The first-order valence-electron chi connectivity index (χ1n) is 17.7. The standard InChI is InChI=1S/C38H47F2N5O6/c1-36(2,3)51-35(48)45-19-7-10-30(45)26-11-13-27(14-12-26)50-32-31(41)34(47)44(24-42-32)23-37(49)17-20-43(21-18-37)33(46)28-15-16-38(39,40)22-29(28)25-8-5-4-6-9-25/h4-6,8-9,11-14,24,28-30,49H,7,10,15-23,41H2,1-3H3/t28-,29+,30?/m1/s1. The highest BCUT2D eigenvalue weighted by molar-refractivity contribution is 5.80. The van der Waals surface area contributed by atoms with Gasteiger partial charge in [0.15, 0.2) is 5.69 Å². The van der Waals surface area contributed by atoms with Crippen molar-refractivity contribution in [2.45, 2.75) is 101 Å². The van der Waals surface area contributed by atoms with E-state index in [1.807, 2.05) is 39.0 Å². The molecule has 0 spiro atoms. The zero-order valence-corrected chi connectivity index (χ0v) is 29.4. The molecule has 1 unspecified atom stereocenters. The summed E-state index contributed by atoms with van der Waals surface area (Å²) >= 11 is 0. The van der Waals surface area contributed by atoms with Crippen LogP contribution >= 0.6 is 0 Å². The zero-order valence-electron chi connectivity index (χ0n) is 29.4. The Kier molecular flexibility index (Phi) is 10.1. The number of carbonyl (C=O) groups is 2. The third-order valence-electron chi connectivity index (χ3n) is 10.2. The Hall–Kier alpha value is -4.52. The van der Waals surface area contributed by atoms with Crippen LogP contribution in [0.5, 0.6) is 11.6 Å². The molecule has 51 heavy (non-hydrogen) atoms. The molecule has 2 saturated heterocycles. The molecule has 11 nitrogen and oxygen atoms in total. The number of hydrogen-bond donors (Lipinski definition) is 2. The Morgan fingerprint density at radius 1 is 0.980 bits per heavy atom. The maximum absolute atomic E-state index is 14.4. The van der Waals surface area contributed by atoms with Gasteiger partial charge in [-0.15, -0.1) is 0 Å².